The topological polar surface area (TPSA) is 80.3 Å². The molecule has 2 aliphatic heterocycles. The zero-order valence-electron chi connectivity index (χ0n) is 17.3. The minimum Gasteiger partial charge on any atom is -0.376 e. The molecule has 2 fully saturated rings. The fourth-order valence-electron chi connectivity index (χ4n) is 3.75. The molecule has 7 nitrogen and oxygen atoms in total. The Morgan fingerprint density at radius 1 is 1.06 bits per heavy atom. The third-order valence-electron chi connectivity index (χ3n) is 5.51. The van der Waals surface area contributed by atoms with Gasteiger partial charge < -0.3 is 18.9 Å². The first-order chi connectivity index (χ1) is 14.9. The van der Waals surface area contributed by atoms with E-state index in [1.54, 1.807) is 25.3 Å². The van der Waals surface area contributed by atoms with E-state index >= 15 is 0 Å². The second-order valence-corrected chi connectivity index (χ2v) is 9.67. The number of hydrogen-bond acceptors (Lipinski definition) is 7. The van der Waals surface area contributed by atoms with E-state index in [0.29, 0.717) is 18.1 Å². The normalized spacial score (nSPS) is 28.0. The van der Waals surface area contributed by atoms with E-state index in [-0.39, 0.29) is 23.7 Å². The Balaban J connectivity index is 1.43. The molecule has 0 amide bonds. The van der Waals surface area contributed by atoms with Crippen molar-refractivity contribution in [3.05, 3.63) is 64.7 Å². The van der Waals surface area contributed by atoms with Gasteiger partial charge >= 0.3 is 0 Å². The third-order valence-corrected chi connectivity index (χ3v) is 7.18. The van der Waals surface area contributed by atoms with Crippen LogP contribution in [0.3, 0.4) is 0 Å². The van der Waals surface area contributed by atoms with Crippen molar-refractivity contribution in [2.45, 2.75) is 55.6 Å². The van der Waals surface area contributed by atoms with Crippen LogP contribution in [-0.4, -0.2) is 52.8 Å². The maximum absolute atomic E-state index is 12.6. The number of fused-ring (bicyclic) bond motifs is 2. The van der Waals surface area contributed by atoms with Crippen molar-refractivity contribution in [3.63, 3.8) is 0 Å². The van der Waals surface area contributed by atoms with E-state index in [1.807, 2.05) is 25.1 Å². The first-order valence-corrected chi connectivity index (χ1v) is 11.8. The van der Waals surface area contributed by atoms with Gasteiger partial charge in [0, 0.05) is 18.6 Å². The summed E-state index contributed by atoms with van der Waals surface area (Å²) in [5.74, 6) is 0. The highest BCUT2D eigenvalue weighted by atomic mass is 35.5. The highest BCUT2D eigenvalue weighted by molar-refractivity contribution is 7.86. The number of rotatable bonds is 8. The molecular weight excluding hydrogens is 444 g/mol. The van der Waals surface area contributed by atoms with Gasteiger partial charge in [0.2, 0.25) is 0 Å². The van der Waals surface area contributed by atoms with Crippen molar-refractivity contribution in [2.75, 3.05) is 13.7 Å². The highest BCUT2D eigenvalue weighted by Gasteiger charge is 2.51. The van der Waals surface area contributed by atoms with Gasteiger partial charge in [-0.1, -0.05) is 47.5 Å². The molecule has 0 aromatic heterocycles. The summed E-state index contributed by atoms with van der Waals surface area (Å²) in [7, 11) is -2.34. The fourth-order valence-corrected chi connectivity index (χ4v) is 4.86. The number of hydrogen-bond donors (Lipinski definition) is 0. The maximum atomic E-state index is 12.6. The first kappa shape index (κ1) is 22.7. The molecule has 2 saturated heterocycles. The molecule has 4 rings (SSSR count). The molecule has 5 atom stereocenters. The zero-order valence-corrected chi connectivity index (χ0v) is 18.8. The minimum atomic E-state index is -3.92. The Morgan fingerprint density at radius 2 is 1.81 bits per heavy atom. The van der Waals surface area contributed by atoms with Gasteiger partial charge in [0.25, 0.3) is 10.1 Å². The Kier molecular flexibility index (Phi) is 6.98. The van der Waals surface area contributed by atoms with Gasteiger partial charge in [-0.25, -0.2) is 0 Å². The molecule has 0 radical (unpaired) electrons. The van der Waals surface area contributed by atoms with Crippen LogP contribution in [0.4, 0.5) is 0 Å². The van der Waals surface area contributed by atoms with E-state index < -0.39 is 28.6 Å². The van der Waals surface area contributed by atoms with Crippen LogP contribution < -0.4 is 0 Å². The zero-order chi connectivity index (χ0) is 22.0. The van der Waals surface area contributed by atoms with Crippen LogP contribution in [-0.2, 0) is 39.9 Å². The molecule has 0 saturated carbocycles. The quantitative estimate of drug-likeness (QED) is 0.549. The summed E-state index contributed by atoms with van der Waals surface area (Å²) in [4.78, 5) is 0.0984. The molecule has 0 aliphatic carbocycles. The summed E-state index contributed by atoms with van der Waals surface area (Å²) in [6, 6.07) is 13.9. The Hall–Kier alpha value is -1.52. The highest BCUT2D eigenvalue weighted by Crippen LogP contribution is 2.36. The van der Waals surface area contributed by atoms with Gasteiger partial charge in [-0.2, -0.15) is 8.42 Å². The molecular formula is C22H25ClO7S. The van der Waals surface area contributed by atoms with Gasteiger partial charge in [0.1, 0.15) is 18.3 Å². The van der Waals surface area contributed by atoms with E-state index in [9.17, 15) is 8.42 Å². The molecule has 2 heterocycles. The van der Waals surface area contributed by atoms with E-state index in [2.05, 4.69) is 0 Å². The van der Waals surface area contributed by atoms with Crippen LogP contribution in [0.1, 0.15) is 17.5 Å². The monoisotopic (exact) mass is 468 g/mol. The predicted octanol–water partition coefficient (Wildman–Crippen LogP) is 3.47. The summed E-state index contributed by atoms with van der Waals surface area (Å²) in [5, 5.41) is 0.618. The minimum absolute atomic E-state index is 0.0984. The Morgan fingerprint density at radius 3 is 2.52 bits per heavy atom. The average molecular weight is 469 g/mol. The number of ether oxygens (including phenoxy) is 4. The van der Waals surface area contributed by atoms with Crippen LogP contribution in [0.2, 0.25) is 5.02 Å². The summed E-state index contributed by atoms with van der Waals surface area (Å²) in [6.45, 7) is 2.00. The van der Waals surface area contributed by atoms with Crippen LogP contribution in [0.15, 0.2) is 53.4 Å². The van der Waals surface area contributed by atoms with Gasteiger partial charge in [-0.3, -0.25) is 4.18 Å². The Bertz CT molecular complexity index is 995. The lowest BCUT2D eigenvalue weighted by Crippen LogP contribution is -2.46. The standard InChI is InChI=1S/C22H25ClO7S/c1-14-7-9-16(10-8-14)31(24,25)28-13-20-21-18(11-19(26-2)22(29-20)30-21)27-12-15-5-3-4-6-17(15)23/h3-10,18-22H,11-13H2,1-2H3/t18-,19+,20-,21-,22?/m0/s1. The van der Waals surface area contributed by atoms with Crippen molar-refractivity contribution in [1.82, 2.24) is 0 Å². The maximum Gasteiger partial charge on any atom is 0.297 e. The first-order valence-electron chi connectivity index (χ1n) is 10.0. The van der Waals surface area contributed by atoms with Gasteiger partial charge in [0.15, 0.2) is 6.29 Å². The second kappa shape index (κ2) is 9.54. The van der Waals surface area contributed by atoms with Crippen LogP contribution >= 0.6 is 11.6 Å². The van der Waals surface area contributed by atoms with Gasteiger partial charge in [-0.15, -0.1) is 0 Å². The van der Waals surface area contributed by atoms with E-state index in [0.717, 1.165) is 11.1 Å². The largest absolute Gasteiger partial charge is 0.376 e. The van der Waals surface area contributed by atoms with Crippen molar-refractivity contribution in [2.24, 2.45) is 0 Å². The Labute approximate surface area is 187 Å². The number of benzene rings is 2. The van der Waals surface area contributed by atoms with Crippen molar-refractivity contribution in [3.8, 4) is 0 Å². The lowest BCUT2D eigenvalue weighted by molar-refractivity contribution is -0.201. The lowest BCUT2D eigenvalue weighted by Gasteiger charge is -2.33. The summed E-state index contributed by atoms with van der Waals surface area (Å²) in [5.41, 5.74) is 1.82. The lowest BCUT2D eigenvalue weighted by atomic mass is 10.0. The van der Waals surface area contributed by atoms with Crippen LogP contribution in [0.25, 0.3) is 0 Å². The number of aryl methyl sites for hydroxylation is 1. The van der Waals surface area contributed by atoms with Gasteiger partial charge in [-0.05, 0) is 30.7 Å². The molecule has 0 spiro atoms. The molecule has 1 unspecified atom stereocenters. The predicted molar refractivity (Wildman–Crippen MR) is 113 cm³/mol. The molecule has 31 heavy (non-hydrogen) atoms. The fraction of sp³-hybridized carbons (Fsp3) is 0.455. The molecule has 9 heteroatoms. The number of halogens is 1. The van der Waals surface area contributed by atoms with E-state index in [4.69, 9.17) is 34.7 Å². The molecule has 2 aromatic carbocycles. The molecule has 168 valence electrons. The SMILES string of the molecule is CO[C@@H]1C[C@H](OCc2ccccc2Cl)[C@@H]2OC1O[C@H]2COS(=O)(=O)c1ccc(C)cc1. The van der Waals surface area contributed by atoms with Crippen molar-refractivity contribution >= 4 is 21.7 Å². The summed E-state index contributed by atoms with van der Waals surface area (Å²) < 4.78 is 53.8. The second-order valence-electron chi connectivity index (χ2n) is 7.65. The number of methoxy groups -OCH3 is 1. The van der Waals surface area contributed by atoms with Crippen LogP contribution in [0, 0.1) is 6.92 Å². The van der Waals surface area contributed by atoms with Crippen molar-refractivity contribution < 1.29 is 31.5 Å². The smallest absolute Gasteiger partial charge is 0.297 e. The van der Waals surface area contributed by atoms with Gasteiger partial charge in [0.05, 0.1) is 24.2 Å². The van der Waals surface area contributed by atoms with Crippen LogP contribution in [0.5, 0.6) is 0 Å². The third kappa shape index (κ3) is 5.12. The summed E-state index contributed by atoms with van der Waals surface area (Å²) >= 11 is 6.23. The summed E-state index contributed by atoms with van der Waals surface area (Å²) in [6.07, 6.45) is -1.82. The van der Waals surface area contributed by atoms with E-state index in [1.165, 1.54) is 12.1 Å². The molecule has 2 aromatic rings. The molecule has 2 aliphatic rings. The average Bonchev–Trinajstić information content (AvgIpc) is 3.12. The molecule has 0 N–H and O–H groups in total. The van der Waals surface area contributed by atoms with Crippen molar-refractivity contribution in [1.29, 1.82) is 0 Å². The molecule has 2 bridgehead atoms.